The minimum absolute atomic E-state index is 0.0663. The van der Waals surface area contributed by atoms with Crippen molar-refractivity contribution < 1.29 is 14.7 Å². The van der Waals surface area contributed by atoms with Gasteiger partial charge in [-0.05, 0) is 37.1 Å². The number of aromatic carboxylic acids is 1. The fraction of sp³-hybridized carbons (Fsp3) is 0.267. The third-order valence-electron chi connectivity index (χ3n) is 3.51. The Hall–Kier alpha value is -2.21. The number of benzene rings is 1. The number of carbonyl (C=O) groups is 2. The van der Waals surface area contributed by atoms with Crippen LogP contribution in [0.4, 0.5) is 5.69 Å². The molecule has 0 saturated heterocycles. The summed E-state index contributed by atoms with van der Waals surface area (Å²) < 4.78 is 0. The number of carboxylic acid groups (broad SMARTS) is 1. The number of hydrogen-bond donors (Lipinski definition) is 1. The molecule has 108 valence electrons. The minimum atomic E-state index is -0.945. The molecule has 1 aromatic heterocycles. The van der Waals surface area contributed by atoms with Gasteiger partial charge in [0.1, 0.15) is 0 Å². The lowest BCUT2D eigenvalue weighted by molar-refractivity contribution is -0.119. The van der Waals surface area contributed by atoms with Crippen molar-refractivity contribution in [2.75, 3.05) is 4.90 Å². The quantitative estimate of drug-likeness (QED) is 0.946. The van der Waals surface area contributed by atoms with Crippen molar-refractivity contribution >= 4 is 28.9 Å². The molecule has 1 N–H and O–H groups in total. The Morgan fingerprint density at radius 3 is 2.90 bits per heavy atom. The van der Waals surface area contributed by atoms with Crippen LogP contribution in [-0.4, -0.2) is 22.0 Å². The van der Waals surface area contributed by atoms with Crippen LogP contribution in [0.5, 0.6) is 0 Å². The average Bonchev–Trinajstić information content (AvgIpc) is 2.87. The van der Waals surface area contributed by atoms with Gasteiger partial charge in [-0.15, -0.1) is 11.3 Å². The van der Waals surface area contributed by atoms with Crippen LogP contribution in [0.1, 0.15) is 32.2 Å². The Morgan fingerprint density at radius 1 is 1.43 bits per heavy atom. The molecule has 2 aromatic rings. The van der Waals surface area contributed by atoms with Crippen LogP contribution in [0.3, 0.4) is 0 Å². The molecule has 0 fully saturated rings. The van der Waals surface area contributed by atoms with Crippen LogP contribution in [0.25, 0.3) is 0 Å². The average molecular weight is 302 g/mol. The van der Waals surface area contributed by atoms with E-state index >= 15 is 0 Å². The molecule has 0 saturated carbocycles. The summed E-state index contributed by atoms with van der Waals surface area (Å²) in [4.78, 5) is 30.2. The molecule has 21 heavy (non-hydrogen) atoms. The van der Waals surface area contributed by atoms with Gasteiger partial charge in [0.05, 0.1) is 17.1 Å². The smallest absolute Gasteiger partial charge is 0.335 e. The highest BCUT2D eigenvalue weighted by Gasteiger charge is 2.25. The van der Waals surface area contributed by atoms with Crippen molar-refractivity contribution in [2.24, 2.45) is 0 Å². The van der Waals surface area contributed by atoms with E-state index in [9.17, 15) is 9.59 Å². The van der Waals surface area contributed by atoms with Crippen LogP contribution in [0.15, 0.2) is 24.4 Å². The zero-order valence-electron chi connectivity index (χ0n) is 11.5. The number of aromatic nitrogens is 1. The van der Waals surface area contributed by atoms with Gasteiger partial charge in [0.2, 0.25) is 5.91 Å². The minimum Gasteiger partial charge on any atom is -0.478 e. The predicted molar refractivity (Wildman–Crippen MR) is 79.8 cm³/mol. The topological polar surface area (TPSA) is 70.5 Å². The van der Waals surface area contributed by atoms with Crippen molar-refractivity contribution in [3.63, 3.8) is 0 Å². The summed E-state index contributed by atoms with van der Waals surface area (Å²) in [5.74, 6) is -0.879. The number of nitrogens with zero attached hydrogens (tertiary/aromatic N) is 2. The first-order valence-electron chi connectivity index (χ1n) is 6.62. The zero-order chi connectivity index (χ0) is 15.0. The van der Waals surface area contributed by atoms with Gasteiger partial charge in [0.25, 0.3) is 0 Å². The third-order valence-corrected chi connectivity index (χ3v) is 4.41. The number of amides is 1. The van der Waals surface area contributed by atoms with E-state index in [1.807, 2.05) is 6.92 Å². The number of thiazole rings is 1. The van der Waals surface area contributed by atoms with E-state index in [4.69, 9.17) is 5.11 Å². The maximum absolute atomic E-state index is 12.2. The van der Waals surface area contributed by atoms with E-state index in [1.54, 1.807) is 40.6 Å². The molecule has 0 bridgehead atoms. The lowest BCUT2D eigenvalue weighted by atomic mass is 9.98. The summed E-state index contributed by atoms with van der Waals surface area (Å²) >= 11 is 1.57. The first-order valence-corrected chi connectivity index (χ1v) is 7.44. The molecule has 5 nitrogen and oxygen atoms in total. The van der Waals surface area contributed by atoms with Gasteiger partial charge in [-0.25, -0.2) is 9.78 Å². The van der Waals surface area contributed by atoms with Crippen LogP contribution in [0, 0.1) is 6.92 Å². The van der Waals surface area contributed by atoms with Crippen LogP contribution >= 0.6 is 11.3 Å². The fourth-order valence-electron chi connectivity index (χ4n) is 2.50. The Kier molecular flexibility index (Phi) is 3.47. The van der Waals surface area contributed by atoms with E-state index in [0.717, 1.165) is 21.1 Å². The number of carboxylic acids is 1. The van der Waals surface area contributed by atoms with Crippen LogP contribution < -0.4 is 4.90 Å². The number of rotatable bonds is 3. The molecule has 0 atom stereocenters. The van der Waals surface area contributed by atoms with Gasteiger partial charge >= 0.3 is 5.97 Å². The number of aryl methyl sites for hydroxylation is 2. The molecule has 0 radical (unpaired) electrons. The molecular formula is C15H14N2O3S. The molecule has 1 aromatic carbocycles. The van der Waals surface area contributed by atoms with Gasteiger partial charge in [-0.3, -0.25) is 4.79 Å². The summed E-state index contributed by atoms with van der Waals surface area (Å²) in [6.07, 6.45) is 2.79. The Balaban J connectivity index is 1.95. The molecule has 6 heteroatoms. The first-order chi connectivity index (χ1) is 10.0. The van der Waals surface area contributed by atoms with Gasteiger partial charge in [-0.2, -0.15) is 0 Å². The second-order valence-electron chi connectivity index (χ2n) is 4.97. The molecule has 1 amide bonds. The highest BCUT2D eigenvalue weighted by atomic mass is 32.1. The first kappa shape index (κ1) is 13.8. The predicted octanol–water partition coefficient (Wildman–Crippen LogP) is 2.63. The fourth-order valence-corrected chi connectivity index (χ4v) is 3.28. The Labute approximate surface area is 125 Å². The SMILES string of the molecule is Cc1ncc(CN2C(=O)CCc3cc(C(=O)O)ccc32)s1. The number of anilines is 1. The molecule has 2 heterocycles. The maximum atomic E-state index is 12.2. The summed E-state index contributed by atoms with van der Waals surface area (Å²) in [5, 5.41) is 10.0. The van der Waals surface area contributed by atoms with E-state index in [-0.39, 0.29) is 11.5 Å². The van der Waals surface area contributed by atoms with Crippen LogP contribution in [-0.2, 0) is 17.8 Å². The third kappa shape index (κ3) is 2.67. The second-order valence-corrected chi connectivity index (χ2v) is 6.29. The Morgan fingerprint density at radius 2 is 2.24 bits per heavy atom. The van der Waals surface area contributed by atoms with Crippen molar-refractivity contribution in [3.8, 4) is 0 Å². The molecule has 3 rings (SSSR count). The summed E-state index contributed by atoms with van der Waals surface area (Å²) in [6.45, 7) is 2.42. The van der Waals surface area contributed by atoms with Crippen molar-refractivity contribution in [1.29, 1.82) is 0 Å². The van der Waals surface area contributed by atoms with E-state index in [1.165, 1.54) is 0 Å². The molecular weight excluding hydrogens is 288 g/mol. The van der Waals surface area contributed by atoms with E-state index in [2.05, 4.69) is 4.98 Å². The lowest BCUT2D eigenvalue weighted by Gasteiger charge is -2.29. The largest absolute Gasteiger partial charge is 0.478 e. The number of carbonyl (C=O) groups excluding carboxylic acids is 1. The van der Waals surface area contributed by atoms with Gasteiger partial charge in [-0.1, -0.05) is 0 Å². The maximum Gasteiger partial charge on any atom is 0.335 e. The normalized spacial score (nSPS) is 14.1. The van der Waals surface area contributed by atoms with Gasteiger partial charge in [0.15, 0.2) is 0 Å². The number of hydrogen-bond acceptors (Lipinski definition) is 4. The number of fused-ring (bicyclic) bond motifs is 1. The van der Waals surface area contributed by atoms with E-state index < -0.39 is 5.97 Å². The Bertz CT molecular complexity index is 723. The summed E-state index contributed by atoms with van der Waals surface area (Å²) in [5.41, 5.74) is 1.98. The summed E-state index contributed by atoms with van der Waals surface area (Å²) in [6, 6.07) is 4.93. The molecule has 0 aliphatic carbocycles. The van der Waals surface area contributed by atoms with Crippen molar-refractivity contribution in [2.45, 2.75) is 26.3 Å². The second kappa shape index (κ2) is 5.29. The molecule has 0 unspecified atom stereocenters. The summed E-state index contributed by atoms with van der Waals surface area (Å²) in [7, 11) is 0. The standard InChI is InChI=1S/C15H14N2O3S/c1-9-16-7-12(21-9)8-17-13-4-2-11(15(19)20)6-10(13)3-5-14(17)18/h2,4,6-7H,3,5,8H2,1H3,(H,19,20). The van der Waals surface area contributed by atoms with Gasteiger partial charge < -0.3 is 10.0 Å². The highest BCUT2D eigenvalue weighted by molar-refractivity contribution is 7.11. The van der Waals surface area contributed by atoms with Crippen molar-refractivity contribution in [3.05, 3.63) is 45.4 Å². The monoisotopic (exact) mass is 302 g/mol. The van der Waals surface area contributed by atoms with E-state index in [0.29, 0.717) is 19.4 Å². The van der Waals surface area contributed by atoms with Crippen LogP contribution in [0.2, 0.25) is 0 Å². The zero-order valence-corrected chi connectivity index (χ0v) is 12.3. The highest BCUT2D eigenvalue weighted by Crippen LogP contribution is 2.31. The van der Waals surface area contributed by atoms with Gasteiger partial charge in [0, 0.05) is 23.2 Å². The molecule has 1 aliphatic rings. The lowest BCUT2D eigenvalue weighted by Crippen LogP contribution is -2.34. The molecule has 0 spiro atoms. The molecule has 1 aliphatic heterocycles. The van der Waals surface area contributed by atoms with Crippen molar-refractivity contribution in [1.82, 2.24) is 4.98 Å².